The number of hydrogen-bond donors (Lipinski definition) is 3. The number of nitrogens with two attached hydrogens (primary N) is 1. The van der Waals surface area contributed by atoms with E-state index in [1.807, 2.05) is 0 Å². The number of aromatic carboxylic acids is 1. The summed E-state index contributed by atoms with van der Waals surface area (Å²) in [5.41, 5.74) is 7.10. The van der Waals surface area contributed by atoms with E-state index in [4.69, 9.17) is 15.6 Å². The quantitative estimate of drug-likeness (QED) is 0.736. The SMILES string of the molecule is CCOc1ccc(Nc2cc(C(=O)O)ccc2N)cc1F. The van der Waals surface area contributed by atoms with Crippen LogP contribution in [-0.4, -0.2) is 17.7 Å². The minimum Gasteiger partial charge on any atom is -0.491 e. The molecule has 2 aromatic rings. The monoisotopic (exact) mass is 290 g/mol. The van der Waals surface area contributed by atoms with Gasteiger partial charge in [0.15, 0.2) is 11.6 Å². The Bertz CT molecular complexity index is 674. The molecular weight excluding hydrogens is 275 g/mol. The molecule has 0 heterocycles. The van der Waals surface area contributed by atoms with E-state index in [9.17, 15) is 9.18 Å². The number of carbonyl (C=O) groups is 1. The van der Waals surface area contributed by atoms with Crippen LogP contribution in [0, 0.1) is 5.82 Å². The fourth-order valence-electron chi connectivity index (χ4n) is 1.80. The van der Waals surface area contributed by atoms with Crippen LogP contribution in [-0.2, 0) is 0 Å². The summed E-state index contributed by atoms with van der Waals surface area (Å²) in [6, 6.07) is 8.67. The second kappa shape index (κ2) is 6.13. The highest BCUT2D eigenvalue weighted by molar-refractivity contribution is 5.91. The normalized spacial score (nSPS) is 10.2. The number of carboxylic acid groups (broad SMARTS) is 1. The number of benzene rings is 2. The van der Waals surface area contributed by atoms with Gasteiger partial charge in [-0.05, 0) is 37.3 Å². The van der Waals surface area contributed by atoms with Gasteiger partial charge in [-0.2, -0.15) is 0 Å². The molecule has 0 saturated carbocycles. The lowest BCUT2D eigenvalue weighted by Crippen LogP contribution is -2.02. The van der Waals surface area contributed by atoms with E-state index >= 15 is 0 Å². The van der Waals surface area contributed by atoms with Gasteiger partial charge < -0.3 is 20.9 Å². The van der Waals surface area contributed by atoms with Gasteiger partial charge in [0.25, 0.3) is 0 Å². The Balaban J connectivity index is 2.27. The first kappa shape index (κ1) is 14.6. The number of ether oxygens (including phenoxy) is 1. The van der Waals surface area contributed by atoms with E-state index in [-0.39, 0.29) is 11.3 Å². The van der Waals surface area contributed by atoms with Crippen LogP contribution in [0.5, 0.6) is 5.75 Å². The van der Waals surface area contributed by atoms with E-state index in [2.05, 4.69) is 5.32 Å². The third-order valence-corrected chi connectivity index (χ3v) is 2.81. The third kappa shape index (κ3) is 3.42. The van der Waals surface area contributed by atoms with E-state index in [0.717, 1.165) is 0 Å². The molecule has 0 aliphatic heterocycles. The van der Waals surface area contributed by atoms with Gasteiger partial charge in [0.05, 0.1) is 23.5 Å². The molecule has 0 spiro atoms. The fraction of sp³-hybridized carbons (Fsp3) is 0.133. The van der Waals surface area contributed by atoms with E-state index in [1.54, 1.807) is 13.0 Å². The van der Waals surface area contributed by atoms with Crippen molar-refractivity contribution in [3.63, 3.8) is 0 Å². The van der Waals surface area contributed by atoms with E-state index < -0.39 is 11.8 Å². The topological polar surface area (TPSA) is 84.6 Å². The van der Waals surface area contributed by atoms with Gasteiger partial charge in [0.2, 0.25) is 0 Å². The molecular formula is C15H15FN2O3. The van der Waals surface area contributed by atoms with Crippen molar-refractivity contribution in [2.24, 2.45) is 0 Å². The van der Waals surface area contributed by atoms with Crippen LogP contribution >= 0.6 is 0 Å². The first-order valence-electron chi connectivity index (χ1n) is 6.33. The van der Waals surface area contributed by atoms with Crippen molar-refractivity contribution in [3.8, 4) is 5.75 Å². The second-order valence-corrected chi connectivity index (χ2v) is 4.31. The predicted octanol–water partition coefficient (Wildman–Crippen LogP) is 3.25. The Morgan fingerprint density at radius 2 is 2.10 bits per heavy atom. The molecule has 2 rings (SSSR count). The Labute approximate surface area is 121 Å². The molecule has 0 fully saturated rings. The van der Waals surface area contributed by atoms with Crippen LogP contribution in [0.2, 0.25) is 0 Å². The van der Waals surface area contributed by atoms with Crippen LogP contribution in [0.4, 0.5) is 21.5 Å². The summed E-state index contributed by atoms with van der Waals surface area (Å²) in [7, 11) is 0. The summed E-state index contributed by atoms with van der Waals surface area (Å²) in [6.45, 7) is 2.14. The van der Waals surface area contributed by atoms with Gasteiger partial charge in [0, 0.05) is 11.8 Å². The van der Waals surface area contributed by atoms with Crippen LogP contribution in [0.1, 0.15) is 17.3 Å². The molecule has 0 unspecified atom stereocenters. The van der Waals surface area contributed by atoms with Gasteiger partial charge >= 0.3 is 5.97 Å². The standard InChI is InChI=1S/C15H15FN2O3/c1-2-21-14-6-4-10(8-11(14)16)18-13-7-9(15(19)20)3-5-12(13)17/h3-8,18H,2,17H2,1H3,(H,19,20). The largest absolute Gasteiger partial charge is 0.491 e. The Morgan fingerprint density at radius 3 is 2.71 bits per heavy atom. The highest BCUT2D eigenvalue weighted by Gasteiger charge is 2.09. The molecule has 0 amide bonds. The minimum atomic E-state index is -1.06. The lowest BCUT2D eigenvalue weighted by molar-refractivity contribution is 0.0697. The van der Waals surface area contributed by atoms with Gasteiger partial charge in [-0.1, -0.05) is 0 Å². The average molecular weight is 290 g/mol. The number of hydrogen-bond acceptors (Lipinski definition) is 4. The van der Waals surface area contributed by atoms with Gasteiger partial charge in [0.1, 0.15) is 0 Å². The number of halogens is 1. The lowest BCUT2D eigenvalue weighted by Gasteiger charge is -2.11. The molecule has 0 aromatic heterocycles. The van der Waals surface area contributed by atoms with Crippen molar-refractivity contribution in [2.45, 2.75) is 6.92 Å². The van der Waals surface area contributed by atoms with Gasteiger partial charge in [-0.15, -0.1) is 0 Å². The summed E-state index contributed by atoms with van der Waals surface area (Å²) in [6.07, 6.45) is 0. The molecule has 0 saturated heterocycles. The van der Waals surface area contributed by atoms with Crippen molar-refractivity contribution >= 4 is 23.0 Å². The molecule has 110 valence electrons. The van der Waals surface area contributed by atoms with Crippen LogP contribution in [0.3, 0.4) is 0 Å². The molecule has 0 aliphatic carbocycles. The Morgan fingerprint density at radius 1 is 1.33 bits per heavy atom. The first-order chi connectivity index (χ1) is 10.0. The molecule has 0 aliphatic rings. The van der Waals surface area contributed by atoms with Crippen molar-refractivity contribution in [1.29, 1.82) is 0 Å². The number of carboxylic acids is 1. The van der Waals surface area contributed by atoms with Crippen molar-refractivity contribution < 1.29 is 19.0 Å². The fourth-order valence-corrected chi connectivity index (χ4v) is 1.80. The lowest BCUT2D eigenvalue weighted by atomic mass is 10.1. The minimum absolute atomic E-state index is 0.0955. The molecule has 4 N–H and O–H groups in total. The summed E-state index contributed by atoms with van der Waals surface area (Å²) in [5.74, 6) is -1.40. The maximum atomic E-state index is 13.8. The maximum absolute atomic E-state index is 13.8. The van der Waals surface area contributed by atoms with E-state index in [1.165, 1.54) is 30.3 Å². The molecule has 21 heavy (non-hydrogen) atoms. The van der Waals surface area contributed by atoms with Gasteiger partial charge in [-0.25, -0.2) is 9.18 Å². The zero-order valence-corrected chi connectivity index (χ0v) is 11.4. The summed E-state index contributed by atoms with van der Waals surface area (Å²) in [5, 5.41) is 11.9. The van der Waals surface area contributed by atoms with Crippen LogP contribution in [0.15, 0.2) is 36.4 Å². The number of anilines is 3. The second-order valence-electron chi connectivity index (χ2n) is 4.31. The Hall–Kier alpha value is -2.76. The smallest absolute Gasteiger partial charge is 0.335 e. The van der Waals surface area contributed by atoms with Crippen molar-refractivity contribution in [1.82, 2.24) is 0 Å². The summed E-state index contributed by atoms with van der Waals surface area (Å²) < 4.78 is 18.9. The maximum Gasteiger partial charge on any atom is 0.335 e. The van der Waals surface area contributed by atoms with Crippen molar-refractivity contribution in [3.05, 3.63) is 47.8 Å². The average Bonchev–Trinajstić information content (AvgIpc) is 2.44. The predicted molar refractivity (Wildman–Crippen MR) is 78.7 cm³/mol. The number of nitrogens with one attached hydrogen (secondary N) is 1. The van der Waals surface area contributed by atoms with Crippen LogP contribution in [0.25, 0.3) is 0 Å². The molecule has 5 nitrogen and oxygen atoms in total. The van der Waals surface area contributed by atoms with Gasteiger partial charge in [-0.3, -0.25) is 0 Å². The first-order valence-corrected chi connectivity index (χ1v) is 6.33. The molecule has 0 radical (unpaired) electrons. The number of nitrogen functional groups attached to an aromatic ring is 1. The zero-order chi connectivity index (χ0) is 15.4. The third-order valence-electron chi connectivity index (χ3n) is 2.81. The highest BCUT2D eigenvalue weighted by Crippen LogP contribution is 2.27. The van der Waals surface area contributed by atoms with Crippen molar-refractivity contribution in [2.75, 3.05) is 17.7 Å². The Kier molecular flexibility index (Phi) is 4.27. The molecule has 0 atom stereocenters. The molecule has 6 heteroatoms. The number of rotatable bonds is 5. The van der Waals surface area contributed by atoms with Crippen LogP contribution < -0.4 is 15.8 Å². The summed E-state index contributed by atoms with van der Waals surface area (Å²) >= 11 is 0. The van der Waals surface area contributed by atoms with E-state index in [0.29, 0.717) is 23.7 Å². The summed E-state index contributed by atoms with van der Waals surface area (Å²) in [4.78, 5) is 10.9. The molecule has 0 bridgehead atoms. The highest BCUT2D eigenvalue weighted by atomic mass is 19.1. The zero-order valence-electron chi connectivity index (χ0n) is 11.4. The molecule has 2 aromatic carbocycles.